The number of amides is 1. The molecular weight excluding hydrogens is 310 g/mol. The van der Waals surface area contributed by atoms with Gasteiger partial charge in [0.1, 0.15) is 0 Å². The molecule has 0 spiro atoms. The molecule has 4 nitrogen and oxygen atoms in total. The number of carbonyl (C=O) groups is 1. The summed E-state index contributed by atoms with van der Waals surface area (Å²) < 4.78 is 0. The molecule has 0 radical (unpaired) electrons. The number of hydrogen-bond acceptors (Lipinski definition) is 3. The van der Waals surface area contributed by atoms with Crippen LogP contribution in [0.4, 0.5) is 5.69 Å². The summed E-state index contributed by atoms with van der Waals surface area (Å²) in [6.07, 6.45) is 4.99. The lowest BCUT2D eigenvalue weighted by atomic mass is 10.1. The predicted octanol–water partition coefficient (Wildman–Crippen LogP) is 3.71. The van der Waals surface area contributed by atoms with Crippen LogP contribution in [0.15, 0.2) is 42.7 Å². The van der Waals surface area contributed by atoms with Crippen molar-refractivity contribution in [1.29, 1.82) is 0 Å². The van der Waals surface area contributed by atoms with E-state index in [9.17, 15) is 4.79 Å². The van der Waals surface area contributed by atoms with Crippen molar-refractivity contribution < 1.29 is 4.79 Å². The minimum atomic E-state index is 0.164. The summed E-state index contributed by atoms with van der Waals surface area (Å²) in [5.41, 5.74) is 3.17. The van der Waals surface area contributed by atoms with Crippen LogP contribution < -0.4 is 10.2 Å². The van der Waals surface area contributed by atoms with Gasteiger partial charge in [-0.05, 0) is 42.7 Å². The Kier molecular flexibility index (Phi) is 4.94. The van der Waals surface area contributed by atoms with Gasteiger partial charge in [-0.15, -0.1) is 0 Å². The van der Waals surface area contributed by atoms with Crippen LogP contribution in [0.25, 0.3) is 0 Å². The van der Waals surface area contributed by atoms with Crippen LogP contribution in [-0.4, -0.2) is 17.4 Å². The van der Waals surface area contributed by atoms with Gasteiger partial charge in [0, 0.05) is 43.6 Å². The first-order valence-electron chi connectivity index (χ1n) is 7.87. The average molecular weight is 330 g/mol. The molecule has 3 rings (SSSR count). The molecule has 1 N–H and O–H groups in total. The highest BCUT2D eigenvalue weighted by Gasteiger charge is 2.22. The van der Waals surface area contributed by atoms with Gasteiger partial charge in [-0.2, -0.15) is 0 Å². The third-order valence-electron chi connectivity index (χ3n) is 4.21. The zero-order chi connectivity index (χ0) is 16.2. The molecule has 0 aliphatic carbocycles. The Morgan fingerprint density at radius 3 is 3.00 bits per heavy atom. The Morgan fingerprint density at radius 2 is 2.26 bits per heavy atom. The van der Waals surface area contributed by atoms with Crippen LogP contribution in [0.3, 0.4) is 0 Å². The fraction of sp³-hybridized carbons (Fsp3) is 0.333. The Labute approximate surface area is 141 Å². The van der Waals surface area contributed by atoms with Crippen LogP contribution >= 0.6 is 11.6 Å². The maximum atomic E-state index is 11.9. The number of hydrogen-bond donors (Lipinski definition) is 1. The molecule has 1 saturated heterocycles. The smallest absolute Gasteiger partial charge is 0.227 e. The van der Waals surface area contributed by atoms with Gasteiger partial charge in [-0.3, -0.25) is 9.78 Å². The zero-order valence-electron chi connectivity index (χ0n) is 13.1. The van der Waals surface area contributed by atoms with Crippen molar-refractivity contribution in [1.82, 2.24) is 10.3 Å². The molecule has 1 aliphatic rings. The SMILES string of the molecule is CC(NCc1ccncc1Cl)c1cccc(N2CCCC2=O)c1. The molecule has 1 fully saturated rings. The van der Waals surface area contributed by atoms with Gasteiger partial charge < -0.3 is 10.2 Å². The van der Waals surface area contributed by atoms with Crippen LogP contribution in [0, 0.1) is 0 Å². The molecule has 2 heterocycles. The predicted molar refractivity (Wildman–Crippen MR) is 92.5 cm³/mol. The topological polar surface area (TPSA) is 45.2 Å². The molecule has 1 atom stereocenters. The van der Waals surface area contributed by atoms with Crippen LogP contribution in [0.5, 0.6) is 0 Å². The molecule has 5 heteroatoms. The largest absolute Gasteiger partial charge is 0.312 e. The molecular formula is C18H20ClN3O. The minimum absolute atomic E-state index is 0.164. The number of rotatable bonds is 5. The number of benzene rings is 1. The first kappa shape index (κ1) is 16.0. The summed E-state index contributed by atoms with van der Waals surface area (Å²) in [5, 5.41) is 4.14. The van der Waals surface area contributed by atoms with Gasteiger partial charge in [0.25, 0.3) is 0 Å². The molecule has 1 aliphatic heterocycles. The number of anilines is 1. The second kappa shape index (κ2) is 7.11. The Morgan fingerprint density at radius 1 is 1.39 bits per heavy atom. The quantitative estimate of drug-likeness (QED) is 0.909. The van der Waals surface area contributed by atoms with E-state index >= 15 is 0 Å². The molecule has 1 aromatic heterocycles. The minimum Gasteiger partial charge on any atom is -0.312 e. The van der Waals surface area contributed by atoms with Crippen molar-refractivity contribution in [2.24, 2.45) is 0 Å². The monoisotopic (exact) mass is 329 g/mol. The number of nitrogens with one attached hydrogen (secondary N) is 1. The molecule has 23 heavy (non-hydrogen) atoms. The second-order valence-corrected chi connectivity index (χ2v) is 6.22. The van der Waals surface area contributed by atoms with Crippen molar-refractivity contribution >= 4 is 23.2 Å². The summed E-state index contributed by atoms with van der Waals surface area (Å²) in [5.74, 6) is 0.214. The van der Waals surface area contributed by atoms with Crippen molar-refractivity contribution in [3.63, 3.8) is 0 Å². The number of halogens is 1. The van der Waals surface area contributed by atoms with Gasteiger partial charge in [-0.25, -0.2) is 0 Å². The summed E-state index contributed by atoms with van der Waals surface area (Å²) in [6.45, 7) is 3.60. The van der Waals surface area contributed by atoms with E-state index < -0.39 is 0 Å². The van der Waals surface area contributed by atoms with Crippen molar-refractivity contribution in [2.75, 3.05) is 11.4 Å². The van der Waals surface area contributed by atoms with Crippen LogP contribution in [0.1, 0.15) is 36.9 Å². The summed E-state index contributed by atoms with van der Waals surface area (Å²) in [7, 11) is 0. The van der Waals surface area contributed by atoms with Gasteiger partial charge in [0.05, 0.1) is 5.02 Å². The number of aromatic nitrogens is 1. The first-order valence-corrected chi connectivity index (χ1v) is 8.25. The summed E-state index contributed by atoms with van der Waals surface area (Å²) in [6, 6.07) is 10.3. The highest BCUT2D eigenvalue weighted by molar-refractivity contribution is 6.31. The molecule has 0 bridgehead atoms. The van der Waals surface area contributed by atoms with Gasteiger partial charge in [-0.1, -0.05) is 23.7 Å². The summed E-state index contributed by atoms with van der Waals surface area (Å²) >= 11 is 6.13. The van der Waals surface area contributed by atoms with Gasteiger partial charge in [0.15, 0.2) is 0 Å². The fourth-order valence-corrected chi connectivity index (χ4v) is 3.00. The van der Waals surface area contributed by atoms with Crippen molar-refractivity contribution in [3.8, 4) is 0 Å². The zero-order valence-corrected chi connectivity index (χ0v) is 13.9. The van der Waals surface area contributed by atoms with Crippen LogP contribution in [-0.2, 0) is 11.3 Å². The van der Waals surface area contributed by atoms with Gasteiger partial charge in [0.2, 0.25) is 5.91 Å². The first-order chi connectivity index (χ1) is 11.1. The molecule has 120 valence electrons. The van der Waals surface area contributed by atoms with E-state index in [2.05, 4.69) is 29.4 Å². The van der Waals surface area contributed by atoms with Crippen molar-refractivity contribution in [2.45, 2.75) is 32.4 Å². The maximum Gasteiger partial charge on any atom is 0.227 e. The molecule has 1 aromatic carbocycles. The average Bonchev–Trinajstić information content (AvgIpc) is 3.00. The van der Waals surface area contributed by atoms with E-state index in [4.69, 9.17) is 11.6 Å². The normalized spacial score (nSPS) is 15.9. The van der Waals surface area contributed by atoms with E-state index in [1.807, 2.05) is 23.1 Å². The van der Waals surface area contributed by atoms with E-state index in [0.717, 1.165) is 29.8 Å². The van der Waals surface area contributed by atoms with Gasteiger partial charge >= 0.3 is 0 Å². The Bertz CT molecular complexity index is 704. The highest BCUT2D eigenvalue weighted by Crippen LogP contribution is 2.25. The lowest BCUT2D eigenvalue weighted by Crippen LogP contribution is -2.24. The lowest BCUT2D eigenvalue weighted by molar-refractivity contribution is -0.117. The number of carbonyl (C=O) groups excluding carboxylic acids is 1. The van der Waals surface area contributed by atoms with Crippen molar-refractivity contribution in [3.05, 3.63) is 58.9 Å². The molecule has 2 aromatic rings. The second-order valence-electron chi connectivity index (χ2n) is 5.81. The lowest BCUT2D eigenvalue weighted by Gasteiger charge is -2.19. The highest BCUT2D eigenvalue weighted by atomic mass is 35.5. The Hall–Kier alpha value is -1.91. The molecule has 0 saturated carbocycles. The summed E-state index contributed by atoms with van der Waals surface area (Å²) in [4.78, 5) is 17.8. The standard InChI is InChI=1S/C18H20ClN3O/c1-13(21-11-15-7-8-20-12-17(15)19)14-4-2-5-16(10-14)22-9-3-6-18(22)23/h2,4-5,7-8,10,12-13,21H,3,6,9,11H2,1H3. The van der Waals surface area contributed by atoms with E-state index in [1.54, 1.807) is 12.4 Å². The Balaban J connectivity index is 1.69. The maximum absolute atomic E-state index is 11.9. The third-order valence-corrected chi connectivity index (χ3v) is 4.55. The molecule has 1 amide bonds. The van der Waals surface area contributed by atoms with Crippen LogP contribution in [0.2, 0.25) is 5.02 Å². The number of nitrogens with zero attached hydrogens (tertiary/aromatic N) is 2. The number of pyridine rings is 1. The fourth-order valence-electron chi connectivity index (χ4n) is 2.81. The van der Waals surface area contributed by atoms with E-state index in [0.29, 0.717) is 18.0 Å². The molecule has 1 unspecified atom stereocenters. The third kappa shape index (κ3) is 3.71. The van der Waals surface area contributed by atoms with E-state index in [-0.39, 0.29) is 11.9 Å². The van der Waals surface area contributed by atoms with E-state index in [1.165, 1.54) is 0 Å².